The van der Waals surface area contributed by atoms with Crippen LogP contribution in [0.15, 0.2) is 36.4 Å². The highest BCUT2D eigenvalue weighted by Crippen LogP contribution is 2.36. The van der Waals surface area contributed by atoms with Crippen LogP contribution < -0.4 is 9.47 Å². The molecule has 0 spiro atoms. The van der Waals surface area contributed by atoms with E-state index in [0.717, 1.165) is 28.0 Å². The van der Waals surface area contributed by atoms with Crippen molar-refractivity contribution in [2.45, 2.75) is 45.3 Å². The third kappa shape index (κ3) is 6.09. The second-order valence-electron chi connectivity index (χ2n) is 7.85. The maximum Gasteiger partial charge on any atom is 0.122 e. The smallest absolute Gasteiger partial charge is 0.122 e. The Balaban J connectivity index is 2.19. The van der Waals surface area contributed by atoms with E-state index < -0.39 is 12.2 Å². The topological polar surface area (TPSA) is 79.2 Å². The Morgan fingerprint density at radius 3 is 1.69 bits per heavy atom. The van der Waals surface area contributed by atoms with Gasteiger partial charge in [0.1, 0.15) is 36.9 Å². The summed E-state index contributed by atoms with van der Waals surface area (Å²) in [5.41, 5.74) is 3.99. The van der Waals surface area contributed by atoms with Gasteiger partial charge in [0.05, 0.1) is 12.5 Å². The van der Waals surface area contributed by atoms with Crippen molar-refractivity contribution in [2.75, 3.05) is 25.7 Å². The van der Waals surface area contributed by atoms with E-state index in [-0.39, 0.29) is 31.1 Å². The summed E-state index contributed by atoms with van der Waals surface area (Å²) in [6.07, 6.45) is -1.57. The SMILES string of the molecule is Cc1cc(C(C)(C)c2ccc(OC[C@@H](O)CCl)c(C)c2)ccc1OC[C@H](O)CO. The normalized spacial score (nSPS) is 13.8. The number of aryl methyl sites for hydroxylation is 2. The average Bonchev–Trinajstić information content (AvgIpc) is 2.71. The molecule has 0 heterocycles. The number of ether oxygens (including phenoxy) is 2. The van der Waals surface area contributed by atoms with Gasteiger partial charge in [-0.1, -0.05) is 38.1 Å². The van der Waals surface area contributed by atoms with Gasteiger partial charge in [-0.2, -0.15) is 0 Å². The van der Waals surface area contributed by atoms with Crippen LogP contribution in [-0.2, 0) is 5.41 Å². The summed E-state index contributed by atoms with van der Waals surface area (Å²) < 4.78 is 11.3. The Morgan fingerprint density at radius 1 is 0.862 bits per heavy atom. The predicted molar refractivity (Wildman–Crippen MR) is 115 cm³/mol. The summed E-state index contributed by atoms with van der Waals surface area (Å²) in [6.45, 7) is 8.15. The molecule has 0 amide bonds. The van der Waals surface area contributed by atoms with E-state index in [4.69, 9.17) is 26.2 Å². The predicted octanol–water partition coefficient (Wildman–Crippen LogP) is 3.34. The first-order valence-electron chi connectivity index (χ1n) is 9.69. The third-order valence-corrected chi connectivity index (χ3v) is 5.40. The quantitative estimate of drug-likeness (QED) is 0.512. The molecule has 2 aromatic carbocycles. The van der Waals surface area contributed by atoms with Gasteiger partial charge in [-0.3, -0.25) is 0 Å². The summed E-state index contributed by atoms with van der Waals surface area (Å²) in [5, 5.41) is 28.0. The Labute approximate surface area is 177 Å². The van der Waals surface area contributed by atoms with Gasteiger partial charge in [0.2, 0.25) is 0 Å². The van der Waals surface area contributed by atoms with Crippen LogP contribution in [0.3, 0.4) is 0 Å². The lowest BCUT2D eigenvalue weighted by Gasteiger charge is -2.28. The molecule has 0 aliphatic rings. The molecule has 0 fully saturated rings. The van der Waals surface area contributed by atoms with Crippen molar-refractivity contribution in [3.05, 3.63) is 58.7 Å². The lowest BCUT2D eigenvalue weighted by molar-refractivity contribution is 0.0534. The molecule has 5 nitrogen and oxygen atoms in total. The molecule has 160 valence electrons. The number of halogens is 1. The van der Waals surface area contributed by atoms with Crippen molar-refractivity contribution >= 4 is 11.6 Å². The van der Waals surface area contributed by atoms with Crippen LogP contribution in [0.25, 0.3) is 0 Å². The summed E-state index contributed by atoms with van der Waals surface area (Å²) in [6, 6.07) is 12.1. The first-order chi connectivity index (χ1) is 13.7. The van der Waals surface area contributed by atoms with E-state index in [2.05, 4.69) is 26.0 Å². The van der Waals surface area contributed by atoms with Crippen LogP contribution in [0.5, 0.6) is 11.5 Å². The van der Waals surface area contributed by atoms with E-state index in [1.54, 1.807) is 0 Å². The molecule has 0 radical (unpaired) electrons. The third-order valence-electron chi connectivity index (χ3n) is 5.04. The summed E-state index contributed by atoms with van der Waals surface area (Å²) in [7, 11) is 0. The van der Waals surface area contributed by atoms with Crippen molar-refractivity contribution in [3.63, 3.8) is 0 Å². The summed E-state index contributed by atoms with van der Waals surface area (Å²) in [4.78, 5) is 0. The van der Waals surface area contributed by atoms with Gasteiger partial charge in [-0.15, -0.1) is 11.6 Å². The van der Waals surface area contributed by atoms with E-state index in [9.17, 15) is 10.2 Å². The first-order valence-corrected chi connectivity index (χ1v) is 10.2. The van der Waals surface area contributed by atoms with Crippen LogP contribution in [0.4, 0.5) is 0 Å². The van der Waals surface area contributed by atoms with Gasteiger partial charge in [0.25, 0.3) is 0 Å². The Bertz CT molecular complexity index is 740. The maximum absolute atomic E-state index is 9.58. The minimum absolute atomic E-state index is 0.0547. The number of hydrogen-bond acceptors (Lipinski definition) is 5. The molecule has 3 N–H and O–H groups in total. The van der Waals surface area contributed by atoms with E-state index in [0.29, 0.717) is 5.75 Å². The van der Waals surface area contributed by atoms with Crippen LogP contribution >= 0.6 is 11.6 Å². The number of aliphatic hydroxyl groups excluding tert-OH is 3. The zero-order valence-corrected chi connectivity index (χ0v) is 18.2. The molecule has 2 atom stereocenters. The monoisotopic (exact) mass is 422 g/mol. The number of aliphatic hydroxyl groups is 3. The molecule has 0 saturated carbocycles. The minimum Gasteiger partial charge on any atom is -0.491 e. The molecule has 0 unspecified atom stereocenters. The Hall–Kier alpha value is -1.79. The fourth-order valence-electron chi connectivity index (χ4n) is 3.04. The highest BCUT2D eigenvalue weighted by molar-refractivity contribution is 6.18. The Kier molecular flexibility index (Phi) is 8.34. The van der Waals surface area contributed by atoms with Crippen LogP contribution in [0, 0.1) is 13.8 Å². The second kappa shape index (κ2) is 10.3. The van der Waals surface area contributed by atoms with E-state index in [1.165, 1.54) is 0 Å². The number of benzene rings is 2. The fourth-order valence-corrected chi connectivity index (χ4v) is 3.13. The van der Waals surface area contributed by atoms with Crippen molar-refractivity contribution in [3.8, 4) is 11.5 Å². The van der Waals surface area contributed by atoms with Crippen LogP contribution in [-0.4, -0.2) is 53.2 Å². The molecule has 2 rings (SSSR count). The maximum atomic E-state index is 9.58. The van der Waals surface area contributed by atoms with Gasteiger partial charge >= 0.3 is 0 Å². The summed E-state index contributed by atoms with van der Waals surface area (Å²) in [5.74, 6) is 1.56. The van der Waals surface area contributed by atoms with Crippen LogP contribution in [0.1, 0.15) is 36.1 Å². The molecular weight excluding hydrogens is 392 g/mol. The zero-order chi connectivity index (χ0) is 21.6. The van der Waals surface area contributed by atoms with Gasteiger partial charge in [0.15, 0.2) is 0 Å². The average molecular weight is 423 g/mol. The van der Waals surface area contributed by atoms with Crippen molar-refractivity contribution in [2.24, 2.45) is 0 Å². The van der Waals surface area contributed by atoms with Gasteiger partial charge in [-0.05, 0) is 48.2 Å². The standard InChI is InChI=1S/C23H31ClO5/c1-15-9-17(5-7-21(15)28-13-19(26)11-24)23(3,4)18-6-8-22(16(2)10-18)29-14-20(27)12-25/h5-10,19-20,25-27H,11-14H2,1-4H3/t19-,20+/m0/s1. The summed E-state index contributed by atoms with van der Waals surface area (Å²) >= 11 is 5.61. The first kappa shape index (κ1) is 23.5. The molecule has 0 aliphatic carbocycles. The highest BCUT2D eigenvalue weighted by atomic mass is 35.5. The largest absolute Gasteiger partial charge is 0.491 e. The molecule has 29 heavy (non-hydrogen) atoms. The van der Waals surface area contributed by atoms with Crippen molar-refractivity contribution in [1.82, 2.24) is 0 Å². The van der Waals surface area contributed by atoms with Gasteiger partial charge in [0, 0.05) is 5.41 Å². The van der Waals surface area contributed by atoms with E-state index in [1.807, 2.05) is 38.1 Å². The Morgan fingerprint density at radius 2 is 1.31 bits per heavy atom. The van der Waals surface area contributed by atoms with Crippen LogP contribution in [0.2, 0.25) is 0 Å². The van der Waals surface area contributed by atoms with Crippen molar-refractivity contribution < 1.29 is 24.8 Å². The number of hydrogen-bond donors (Lipinski definition) is 3. The second-order valence-corrected chi connectivity index (χ2v) is 8.16. The molecule has 0 aliphatic heterocycles. The molecule has 0 saturated heterocycles. The molecular formula is C23H31ClO5. The molecule has 0 aromatic heterocycles. The van der Waals surface area contributed by atoms with Crippen molar-refractivity contribution in [1.29, 1.82) is 0 Å². The highest BCUT2D eigenvalue weighted by Gasteiger charge is 2.24. The van der Waals surface area contributed by atoms with Gasteiger partial charge < -0.3 is 24.8 Å². The van der Waals surface area contributed by atoms with E-state index >= 15 is 0 Å². The number of alkyl halides is 1. The number of rotatable bonds is 10. The van der Waals surface area contributed by atoms with Gasteiger partial charge in [-0.25, -0.2) is 0 Å². The fraction of sp³-hybridized carbons (Fsp3) is 0.478. The molecule has 6 heteroatoms. The minimum atomic E-state index is -0.889. The molecule has 2 aromatic rings. The zero-order valence-electron chi connectivity index (χ0n) is 17.5. The lowest BCUT2D eigenvalue weighted by atomic mass is 9.77. The lowest BCUT2D eigenvalue weighted by Crippen LogP contribution is -2.22. The molecule has 0 bridgehead atoms.